The monoisotopic (exact) mass is 205 g/mol. The van der Waals surface area contributed by atoms with E-state index in [4.69, 9.17) is 14.9 Å². The van der Waals surface area contributed by atoms with Crippen LogP contribution < -0.4 is 0 Å². The maximum atomic E-state index is 10.8. The van der Waals surface area contributed by atoms with Gasteiger partial charge in [0.2, 0.25) is 0 Å². The van der Waals surface area contributed by atoms with Gasteiger partial charge in [0, 0.05) is 0 Å². The Morgan fingerprint density at radius 1 is 1.23 bits per heavy atom. The molecule has 0 unspecified atom stereocenters. The molecule has 0 aliphatic carbocycles. The first-order valence-corrected chi connectivity index (χ1v) is 5.29. The molecule has 0 aliphatic rings. The summed E-state index contributed by atoms with van der Waals surface area (Å²) in [6, 6.07) is 0. The number of ether oxygens (including phenoxy) is 2. The van der Waals surface area contributed by atoms with Crippen molar-refractivity contribution >= 4 is 23.6 Å². The van der Waals surface area contributed by atoms with E-state index in [9.17, 15) is 4.79 Å². The molecule has 0 aromatic carbocycles. The Hall–Kier alpha value is -0.710. The predicted octanol–water partition coefficient (Wildman–Crippen LogP) is 1.30. The zero-order chi connectivity index (χ0) is 10.1. The van der Waals surface area contributed by atoms with Crippen molar-refractivity contribution in [3.05, 3.63) is 0 Å². The molecule has 0 heterocycles. The quantitative estimate of drug-likeness (QED) is 0.403. The number of carbonyl (C=O) groups excluding carboxylic acids is 1. The van der Waals surface area contributed by atoms with Crippen LogP contribution in [0.3, 0.4) is 0 Å². The van der Waals surface area contributed by atoms with Gasteiger partial charge in [0.15, 0.2) is 5.90 Å². The standard InChI is InChI=1S/C8H15NO3S/c1-3-11-7(9)5-13-6-8(10)12-4-2/h9H,3-6H2,1-2H3. The van der Waals surface area contributed by atoms with Crippen LogP contribution in [-0.4, -0.2) is 36.6 Å². The zero-order valence-electron chi connectivity index (χ0n) is 7.96. The van der Waals surface area contributed by atoms with Crippen molar-refractivity contribution in [2.24, 2.45) is 0 Å². The summed E-state index contributed by atoms with van der Waals surface area (Å²) in [6.07, 6.45) is 0. The van der Waals surface area contributed by atoms with Gasteiger partial charge in [0.05, 0.1) is 24.7 Å². The van der Waals surface area contributed by atoms with E-state index in [1.165, 1.54) is 11.8 Å². The van der Waals surface area contributed by atoms with Crippen molar-refractivity contribution in [2.45, 2.75) is 13.8 Å². The average molecular weight is 205 g/mol. The van der Waals surface area contributed by atoms with E-state index >= 15 is 0 Å². The van der Waals surface area contributed by atoms with E-state index < -0.39 is 0 Å². The summed E-state index contributed by atoms with van der Waals surface area (Å²) in [6.45, 7) is 4.50. The maximum Gasteiger partial charge on any atom is 0.315 e. The molecule has 76 valence electrons. The number of nitrogens with one attached hydrogen (secondary N) is 1. The van der Waals surface area contributed by atoms with Crippen LogP contribution in [0.15, 0.2) is 0 Å². The van der Waals surface area contributed by atoms with E-state index in [1.807, 2.05) is 6.92 Å². The molecule has 13 heavy (non-hydrogen) atoms. The van der Waals surface area contributed by atoms with E-state index in [0.29, 0.717) is 19.0 Å². The lowest BCUT2D eigenvalue weighted by molar-refractivity contribution is -0.139. The van der Waals surface area contributed by atoms with Crippen molar-refractivity contribution in [3.8, 4) is 0 Å². The van der Waals surface area contributed by atoms with Gasteiger partial charge < -0.3 is 9.47 Å². The predicted molar refractivity (Wildman–Crippen MR) is 53.3 cm³/mol. The fourth-order valence-corrected chi connectivity index (χ4v) is 1.27. The molecule has 0 aromatic rings. The van der Waals surface area contributed by atoms with Crippen molar-refractivity contribution in [1.29, 1.82) is 5.41 Å². The van der Waals surface area contributed by atoms with Gasteiger partial charge in [-0.3, -0.25) is 10.2 Å². The highest BCUT2D eigenvalue weighted by Gasteiger charge is 2.03. The van der Waals surface area contributed by atoms with Crippen LogP contribution in [0.25, 0.3) is 0 Å². The topological polar surface area (TPSA) is 59.4 Å². The molecular formula is C8H15NO3S. The Morgan fingerprint density at radius 3 is 2.38 bits per heavy atom. The largest absolute Gasteiger partial charge is 0.481 e. The fourth-order valence-electron chi connectivity index (χ4n) is 0.646. The number of esters is 1. The van der Waals surface area contributed by atoms with Gasteiger partial charge in [0.25, 0.3) is 0 Å². The second kappa shape index (κ2) is 7.91. The highest BCUT2D eigenvalue weighted by Crippen LogP contribution is 2.01. The molecule has 0 radical (unpaired) electrons. The first-order chi connectivity index (χ1) is 6.20. The first kappa shape index (κ1) is 12.3. The van der Waals surface area contributed by atoms with Crippen LogP contribution in [0.1, 0.15) is 13.8 Å². The Bertz CT molecular complexity index is 155. The molecule has 0 aromatic heterocycles. The smallest absolute Gasteiger partial charge is 0.315 e. The summed E-state index contributed by atoms with van der Waals surface area (Å²) in [5, 5.41) is 7.24. The minimum Gasteiger partial charge on any atom is -0.481 e. The number of carbonyl (C=O) groups is 1. The zero-order valence-corrected chi connectivity index (χ0v) is 8.78. The summed E-state index contributed by atoms with van der Waals surface area (Å²) in [4.78, 5) is 10.8. The summed E-state index contributed by atoms with van der Waals surface area (Å²) in [7, 11) is 0. The van der Waals surface area contributed by atoms with E-state index in [-0.39, 0.29) is 17.6 Å². The number of rotatable bonds is 6. The Labute approximate surface area is 82.5 Å². The summed E-state index contributed by atoms with van der Waals surface area (Å²) in [5.41, 5.74) is 0. The molecular weight excluding hydrogens is 190 g/mol. The molecule has 1 N–H and O–H groups in total. The first-order valence-electron chi connectivity index (χ1n) is 4.14. The third-order valence-electron chi connectivity index (χ3n) is 1.08. The van der Waals surface area contributed by atoms with Crippen LogP contribution in [0.5, 0.6) is 0 Å². The van der Waals surface area contributed by atoms with E-state index in [1.54, 1.807) is 6.92 Å². The van der Waals surface area contributed by atoms with Crippen LogP contribution in [0.2, 0.25) is 0 Å². The third kappa shape index (κ3) is 7.64. The highest BCUT2D eigenvalue weighted by atomic mass is 32.2. The molecule has 0 amide bonds. The van der Waals surface area contributed by atoms with Crippen LogP contribution in [-0.2, 0) is 14.3 Å². The maximum absolute atomic E-state index is 10.8. The molecule has 0 saturated heterocycles. The SMILES string of the molecule is CCOC(=N)CSCC(=O)OCC. The van der Waals surface area contributed by atoms with Crippen molar-refractivity contribution in [2.75, 3.05) is 24.7 Å². The van der Waals surface area contributed by atoms with E-state index in [2.05, 4.69) is 0 Å². The fraction of sp³-hybridized carbons (Fsp3) is 0.750. The molecule has 0 atom stereocenters. The highest BCUT2D eigenvalue weighted by molar-refractivity contribution is 8.00. The number of thioether (sulfide) groups is 1. The van der Waals surface area contributed by atoms with Crippen molar-refractivity contribution in [3.63, 3.8) is 0 Å². The van der Waals surface area contributed by atoms with Gasteiger partial charge in [0.1, 0.15) is 0 Å². The average Bonchev–Trinajstić information content (AvgIpc) is 2.05. The molecule has 5 heteroatoms. The second-order valence-electron chi connectivity index (χ2n) is 2.15. The molecule has 0 fully saturated rings. The Kier molecular flexibility index (Phi) is 7.48. The van der Waals surface area contributed by atoms with Gasteiger partial charge in [-0.05, 0) is 13.8 Å². The Balaban J connectivity index is 3.33. The van der Waals surface area contributed by atoms with Gasteiger partial charge in [-0.25, -0.2) is 0 Å². The van der Waals surface area contributed by atoms with Crippen LogP contribution >= 0.6 is 11.8 Å². The normalized spacial score (nSPS) is 9.38. The summed E-state index contributed by atoms with van der Waals surface area (Å²) < 4.78 is 9.61. The minimum atomic E-state index is -0.239. The van der Waals surface area contributed by atoms with Crippen molar-refractivity contribution in [1.82, 2.24) is 0 Å². The Morgan fingerprint density at radius 2 is 1.85 bits per heavy atom. The molecule has 0 spiro atoms. The van der Waals surface area contributed by atoms with Gasteiger partial charge >= 0.3 is 5.97 Å². The van der Waals surface area contributed by atoms with E-state index in [0.717, 1.165) is 0 Å². The lowest BCUT2D eigenvalue weighted by Crippen LogP contribution is -2.11. The van der Waals surface area contributed by atoms with Gasteiger partial charge in [-0.15, -0.1) is 11.8 Å². The minimum absolute atomic E-state index is 0.205. The lowest BCUT2D eigenvalue weighted by Gasteiger charge is -2.04. The number of hydrogen-bond donors (Lipinski definition) is 1. The van der Waals surface area contributed by atoms with Gasteiger partial charge in [-0.1, -0.05) is 0 Å². The van der Waals surface area contributed by atoms with Crippen LogP contribution in [0.4, 0.5) is 0 Å². The van der Waals surface area contributed by atoms with Crippen molar-refractivity contribution < 1.29 is 14.3 Å². The van der Waals surface area contributed by atoms with Gasteiger partial charge in [-0.2, -0.15) is 0 Å². The molecule has 0 bridgehead atoms. The summed E-state index contributed by atoms with van der Waals surface area (Å²) in [5.74, 6) is 0.671. The lowest BCUT2D eigenvalue weighted by atomic mass is 10.7. The molecule has 4 nitrogen and oxygen atoms in total. The second-order valence-corrected chi connectivity index (χ2v) is 3.14. The summed E-state index contributed by atoms with van der Waals surface area (Å²) >= 11 is 1.33. The number of hydrogen-bond acceptors (Lipinski definition) is 5. The molecule has 0 saturated carbocycles. The molecule has 0 aliphatic heterocycles. The third-order valence-corrected chi connectivity index (χ3v) is 1.98. The molecule has 0 rings (SSSR count). The van der Waals surface area contributed by atoms with Crippen LogP contribution in [0, 0.1) is 5.41 Å².